The van der Waals surface area contributed by atoms with E-state index in [1.54, 1.807) is 23.6 Å². The topological polar surface area (TPSA) is 72.2 Å². The minimum absolute atomic E-state index is 0.125. The predicted molar refractivity (Wildman–Crippen MR) is 73.1 cm³/mol. The average molecular weight is 327 g/mol. The zero-order chi connectivity index (χ0) is 13.1. The number of carbonyl (C=O) groups excluding carboxylic acids is 1. The summed E-state index contributed by atoms with van der Waals surface area (Å²) in [5.74, 6) is -0.369. The Hall–Kier alpha value is -1.73. The smallest absolute Gasteiger partial charge is 0.292 e. The summed E-state index contributed by atoms with van der Waals surface area (Å²) in [5, 5.41) is 15.0. The summed E-state index contributed by atoms with van der Waals surface area (Å²) in [6.45, 7) is 0. The van der Waals surface area contributed by atoms with E-state index in [-0.39, 0.29) is 17.3 Å². The molecule has 0 unspecified atom stereocenters. The third-order valence-electron chi connectivity index (χ3n) is 2.18. The van der Waals surface area contributed by atoms with Gasteiger partial charge in [-0.05, 0) is 28.1 Å². The van der Waals surface area contributed by atoms with Crippen molar-refractivity contribution < 1.29 is 9.72 Å². The van der Waals surface area contributed by atoms with Gasteiger partial charge in [-0.15, -0.1) is 11.3 Å². The first-order valence-corrected chi connectivity index (χ1v) is 6.54. The Bertz CT molecular complexity index is 612. The van der Waals surface area contributed by atoms with Crippen molar-refractivity contribution in [2.45, 2.75) is 0 Å². The van der Waals surface area contributed by atoms with Crippen molar-refractivity contribution in [3.63, 3.8) is 0 Å². The van der Waals surface area contributed by atoms with Crippen LogP contribution in [0.1, 0.15) is 10.4 Å². The highest BCUT2D eigenvalue weighted by molar-refractivity contribution is 9.11. The average Bonchev–Trinajstić information content (AvgIpc) is 2.76. The molecule has 2 aromatic rings. The van der Waals surface area contributed by atoms with Gasteiger partial charge in [0.15, 0.2) is 0 Å². The lowest BCUT2D eigenvalue weighted by Crippen LogP contribution is -2.12. The van der Waals surface area contributed by atoms with Crippen LogP contribution >= 0.6 is 27.3 Å². The second-order valence-corrected chi connectivity index (χ2v) is 5.66. The number of nitrogens with one attached hydrogen (secondary N) is 1. The van der Waals surface area contributed by atoms with Crippen molar-refractivity contribution >= 4 is 44.5 Å². The Morgan fingerprint density at radius 1 is 1.39 bits per heavy atom. The normalized spacial score (nSPS) is 10.1. The maximum absolute atomic E-state index is 11.9. The first-order chi connectivity index (χ1) is 8.58. The van der Waals surface area contributed by atoms with Crippen LogP contribution in [0.25, 0.3) is 0 Å². The Labute approximate surface area is 115 Å². The first-order valence-electron chi connectivity index (χ1n) is 4.87. The number of thiophene rings is 1. The summed E-state index contributed by atoms with van der Waals surface area (Å²) >= 11 is 4.63. The van der Waals surface area contributed by atoms with Gasteiger partial charge >= 0.3 is 0 Å². The SMILES string of the molecule is O=C(Nc1ccccc1[N+](=O)[O-])c1csc(Br)c1. The summed E-state index contributed by atoms with van der Waals surface area (Å²) < 4.78 is 0.829. The van der Waals surface area contributed by atoms with E-state index in [1.165, 1.54) is 23.5 Å². The fraction of sp³-hybridized carbons (Fsp3) is 0. The maximum atomic E-state index is 11.9. The van der Waals surface area contributed by atoms with E-state index >= 15 is 0 Å². The van der Waals surface area contributed by atoms with E-state index in [0.717, 1.165) is 3.79 Å². The molecule has 0 saturated heterocycles. The van der Waals surface area contributed by atoms with Crippen LogP contribution in [0.4, 0.5) is 11.4 Å². The zero-order valence-electron chi connectivity index (χ0n) is 8.92. The summed E-state index contributed by atoms with van der Waals surface area (Å²) in [5.41, 5.74) is 0.528. The van der Waals surface area contributed by atoms with Crippen LogP contribution in [0.3, 0.4) is 0 Å². The molecule has 7 heteroatoms. The lowest BCUT2D eigenvalue weighted by atomic mass is 10.2. The number of para-hydroxylation sites is 2. The number of hydrogen-bond donors (Lipinski definition) is 1. The van der Waals surface area contributed by atoms with E-state index in [9.17, 15) is 14.9 Å². The molecule has 1 amide bonds. The number of carbonyl (C=O) groups is 1. The van der Waals surface area contributed by atoms with Gasteiger partial charge in [0.05, 0.1) is 14.3 Å². The van der Waals surface area contributed by atoms with Crippen molar-refractivity contribution in [1.29, 1.82) is 0 Å². The highest BCUT2D eigenvalue weighted by Gasteiger charge is 2.16. The fourth-order valence-corrected chi connectivity index (χ4v) is 2.50. The molecule has 1 heterocycles. The molecule has 92 valence electrons. The standard InChI is InChI=1S/C11H7BrN2O3S/c12-10-5-7(6-18-10)11(15)13-8-3-1-2-4-9(8)14(16)17/h1-6H,(H,13,15). The predicted octanol–water partition coefficient (Wildman–Crippen LogP) is 3.67. The summed E-state index contributed by atoms with van der Waals surface area (Å²) in [6.07, 6.45) is 0. The molecule has 0 bridgehead atoms. The highest BCUT2D eigenvalue weighted by atomic mass is 79.9. The molecule has 1 N–H and O–H groups in total. The second-order valence-electron chi connectivity index (χ2n) is 3.37. The molecule has 0 spiro atoms. The number of hydrogen-bond acceptors (Lipinski definition) is 4. The van der Waals surface area contributed by atoms with Crippen molar-refractivity contribution in [2.75, 3.05) is 5.32 Å². The Kier molecular flexibility index (Phi) is 3.73. The van der Waals surface area contributed by atoms with Crippen LogP contribution in [0, 0.1) is 10.1 Å². The Balaban J connectivity index is 2.24. The number of nitro benzene ring substituents is 1. The molecular weight excluding hydrogens is 320 g/mol. The van der Waals surface area contributed by atoms with E-state index in [4.69, 9.17) is 0 Å². The molecular formula is C11H7BrN2O3S. The Morgan fingerprint density at radius 3 is 2.72 bits per heavy atom. The fourth-order valence-electron chi connectivity index (χ4n) is 1.36. The van der Waals surface area contributed by atoms with Crippen LogP contribution < -0.4 is 5.32 Å². The number of rotatable bonds is 3. The van der Waals surface area contributed by atoms with Crippen LogP contribution in [0.5, 0.6) is 0 Å². The lowest BCUT2D eigenvalue weighted by molar-refractivity contribution is -0.383. The van der Waals surface area contributed by atoms with Gasteiger partial charge in [-0.3, -0.25) is 14.9 Å². The molecule has 0 atom stereocenters. The van der Waals surface area contributed by atoms with Gasteiger partial charge in [-0.1, -0.05) is 12.1 Å². The number of nitrogens with zero attached hydrogens (tertiary/aromatic N) is 1. The van der Waals surface area contributed by atoms with Gasteiger partial charge in [0, 0.05) is 11.4 Å². The van der Waals surface area contributed by atoms with E-state index < -0.39 is 4.92 Å². The molecule has 0 radical (unpaired) electrons. The molecule has 0 saturated carbocycles. The van der Waals surface area contributed by atoms with Crippen molar-refractivity contribution in [2.24, 2.45) is 0 Å². The van der Waals surface area contributed by atoms with Gasteiger partial charge < -0.3 is 5.32 Å². The Morgan fingerprint density at radius 2 is 2.11 bits per heavy atom. The number of nitro groups is 1. The quantitative estimate of drug-likeness (QED) is 0.690. The minimum Gasteiger partial charge on any atom is -0.316 e. The summed E-state index contributed by atoms with van der Waals surface area (Å²) in [7, 11) is 0. The van der Waals surface area contributed by atoms with Crippen molar-refractivity contribution in [3.05, 3.63) is 55.2 Å². The third kappa shape index (κ3) is 2.74. The van der Waals surface area contributed by atoms with Gasteiger partial charge in [-0.25, -0.2) is 0 Å². The first kappa shape index (κ1) is 12.7. The largest absolute Gasteiger partial charge is 0.316 e. The van der Waals surface area contributed by atoms with E-state index in [0.29, 0.717) is 5.56 Å². The molecule has 18 heavy (non-hydrogen) atoms. The van der Waals surface area contributed by atoms with E-state index in [1.807, 2.05) is 0 Å². The van der Waals surface area contributed by atoms with Gasteiger partial charge in [-0.2, -0.15) is 0 Å². The van der Waals surface area contributed by atoms with Crippen LogP contribution in [0.15, 0.2) is 39.5 Å². The second kappa shape index (κ2) is 5.28. The highest BCUT2D eigenvalue weighted by Crippen LogP contribution is 2.25. The van der Waals surface area contributed by atoms with Gasteiger partial charge in [0.2, 0.25) is 0 Å². The number of benzene rings is 1. The minimum atomic E-state index is -0.529. The maximum Gasteiger partial charge on any atom is 0.292 e. The molecule has 1 aromatic heterocycles. The van der Waals surface area contributed by atoms with Crippen LogP contribution in [0.2, 0.25) is 0 Å². The number of halogens is 1. The van der Waals surface area contributed by atoms with Gasteiger partial charge in [0.25, 0.3) is 11.6 Å². The molecule has 2 rings (SSSR count). The van der Waals surface area contributed by atoms with Crippen LogP contribution in [-0.2, 0) is 0 Å². The number of amides is 1. The van der Waals surface area contributed by atoms with E-state index in [2.05, 4.69) is 21.2 Å². The molecule has 0 aliphatic rings. The third-order valence-corrected chi connectivity index (χ3v) is 3.68. The number of anilines is 1. The van der Waals surface area contributed by atoms with Crippen LogP contribution in [-0.4, -0.2) is 10.8 Å². The molecule has 5 nitrogen and oxygen atoms in total. The van der Waals surface area contributed by atoms with Crippen molar-refractivity contribution in [3.8, 4) is 0 Å². The monoisotopic (exact) mass is 326 g/mol. The molecule has 1 aromatic carbocycles. The lowest BCUT2D eigenvalue weighted by Gasteiger charge is -2.04. The molecule has 0 aliphatic heterocycles. The summed E-state index contributed by atoms with van der Waals surface area (Å²) in [4.78, 5) is 22.1. The zero-order valence-corrected chi connectivity index (χ0v) is 11.3. The van der Waals surface area contributed by atoms with Crippen molar-refractivity contribution in [1.82, 2.24) is 0 Å². The molecule has 0 aliphatic carbocycles. The van der Waals surface area contributed by atoms with Gasteiger partial charge in [0.1, 0.15) is 5.69 Å². The summed E-state index contributed by atoms with van der Waals surface area (Å²) in [6, 6.07) is 7.69. The molecule has 0 fully saturated rings.